The molecule has 0 aliphatic carbocycles. The lowest BCUT2D eigenvalue weighted by molar-refractivity contribution is 0.0859. The summed E-state index contributed by atoms with van der Waals surface area (Å²) in [5.41, 5.74) is 1.28. The minimum absolute atomic E-state index is 0.148. The van der Waals surface area contributed by atoms with Crippen molar-refractivity contribution in [2.75, 3.05) is 7.11 Å². The molecule has 0 amide bonds. The quantitative estimate of drug-likeness (QED) is 0.804. The van der Waals surface area contributed by atoms with Crippen LogP contribution < -0.4 is 5.32 Å². The van der Waals surface area contributed by atoms with Gasteiger partial charge in [0.05, 0.1) is 35.1 Å². The summed E-state index contributed by atoms with van der Waals surface area (Å²) in [6.07, 6.45) is -0.851. The van der Waals surface area contributed by atoms with Crippen molar-refractivity contribution in [3.63, 3.8) is 0 Å². The molecule has 1 heterocycles. The van der Waals surface area contributed by atoms with Crippen molar-refractivity contribution < 1.29 is 14.3 Å². The Bertz CT molecular complexity index is 697. The van der Waals surface area contributed by atoms with Gasteiger partial charge in [-0.1, -0.05) is 35.3 Å². The van der Waals surface area contributed by atoms with Crippen LogP contribution in [0.5, 0.6) is 0 Å². The number of nitrogens with one attached hydrogen (secondary N) is 1. The maximum Gasteiger partial charge on any atom is 0.513 e. The third-order valence-electron chi connectivity index (χ3n) is 3.82. The monoisotopic (exact) mass is 354 g/mol. The molecule has 1 aromatic rings. The van der Waals surface area contributed by atoms with E-state index in [1.165, 1.54) is 7.11 Å². The Morgan fingerprint density at radius 1 is 1.39 bits per heavy atom. The number of benzene rings is 1. The number of rotatable bonds is 2. The highest BCUT2D eigenvalue weighted by molar-refractivity contribution is 6.42. The zero-order valence-electron chi connectivity index (χ0n) is 12.9. The number of hydrogen-bond acceptors (Lipinski definition) is 5. The predicted octanol–water partition coefficient (Wildman–Crippen LogP) is 4.22. The molecule has 0 aromatic heterocycles. The molecule has 3 unspecified atom stereocenters. The van der Waals surface area contributed by atoms with Crippen molar-refractivity contribution in [1.29, 1.82) is 5.26 Å². The van der Waals surface area contributed by atoms with Crippen molar-refractivity contribution in [2.45, 2.75) is 25.8 Å². The summed E-state index contributed by atoms with van der Waals surface area (Å²) in [6.45, 7) is 3.66. The highest BCUT2D eigenvalue weighted by Gasteiger charge is 2.40. The fourth-order valence-corrected chi connectivity index (χ4v) is 3.17. The van der Waals surface area contributed by atoms with Crippen LogP contribution in [0.25, 0.3) is 0 Å². The van der Waals surface area contributed by atoms with E-state index >= 15 is 0 Å². The van der Waals surface area contributed by atoms with Gasteiger partial charge in [-0.3, -0.25) is 0 Å². The summed E-state index contributed by atoms with van der Waals surface area (Å²) < 4.78 is 9.87. The van der Waals surface area contributed by atoms with Gasteiger partial charge in [-0.05, 0) is 25.5 Å². The highest BCUT2D eigenvalue weighted by atomic mass is 35.5. The number of methoxy groups -OCH3 is 1. The largest absolute Gasteiger partial charge is 0.513 e. The molecule has 2 rings (SSSR count). The van der Waals surface area contributed by atoms with Crippen molar-refractivity contribution >= 4 is 29.4 Å². The molecule has 0 radical (unpaired) electrons. The second kappa shape index (κ2) is 7.12. The predicted molar refractivity (Wildman–Crippen MR) is 87.1 cm³/mol. The Hall–Kier alpha value is -1.90. The van der Waals surface area contributed by atoms with Gasteiger partial charge in [-0.2, -0.15) is 5.26 Å². The number of carbonyl (C=O) groups is 1. The van der Waals surface area contributed by atoms with Gasteiger partial charge >= 0.3 is 6.16 Å². The molecule has 5 nitrogen and oxygen atoms in total. The number of allylic oxidation sites excluding steroid dienone is 2. The molecule has 0 saturated carbocycles. The Kier molecular flexibility index (Phi) is 5.40. The number of nitriles is 1. The van der Waals surface area contributed by atoms with E-state index in [-0.39, 0.29) is 6.04 Å². The first kappa shape index (κ1) is 17.5. The van der Waals surface area contributed by atoms with Crippen LogP contribution in [-0.2, 0) is 9.47 Å². The SMILES string of the molecule is COC(=O)OC1=C(C)NC(C)C(C#N)C1c1cccc(Cl)c1Cl. The third kappa shape index (κ3) is 3.39. The molecule has 0 bridgehead atoms. The summed E-state index contributed by atoms with van der Waals surface area (Å²) in [5.74, 6) is -0.707. The van der Waals surface area contributed by atoms with Crippen LogP contribution >= 0.6 is 23.2 Å². The van der Waals surface area contributed by atoms with Gasteiger partial charge < -0.3 is 14.8 Å². The topological polar surface area (TPSA) is 71.3 Å². The molecule has 1 N–H and O–H groups in total. The van der Waals surface area contributed by atoms with Gasteiger partial charge in [0.1, 0.15) is 5.76 Å². The minimum atomic E-state index is -0.851. The molecule has 1 aliphatic heterocycles. The van der Waals surface area contributed by atoms with Gasteiger partial charge in [-0.15, -0.1) is 0 Å². The molecule has 122 valence electrons. The molecule has 0 saturated heterocycles. The lowest BCUT2D eigenvalue weighted by Crippen LogP contribution is -2.42. The number of hydrogen-bond donors (Lipinski definition) is 1. The van der Waals surface area contributed by atoms with E-state index < -0.39 is 18.0 Å². The Labute approximate surface area is 144 Å². The van der Waals surface area contributed by atoms with Gasteiger partial charge in [-0.25, -0.2) is 4.79 Å². The van der Waals surface area contributed by atoms with Crippen LogP contribution in [-0.4, -0.2) is 19.3 Å². The van der Waals surface area contributed by atoms with Gasteiger partial charge in [0, 0.05) is 11.7 Å². The first-order valence-corrected chi connectivity index (χ1v) is 7.72. The highest BCUT2D eigenvalue weighted by Crippen LogP contribution is 2.43. The van der Waals surface area contributed by atoms with Crippen molar-refractivity contribution in [3.05, 3.63) is 45.3 Å². The van der Waals surface area contributed by atoms with Gasteiger partial charge in [0.2, 0.25) is 0 Å². The number of nitrogens with zero attached hydrogens (tertiary/aromatic N) is 1. The van der Waals surface area contributed by atoms with E-state index in [1.54, 1.807) is 25.1 Å². The lowest BCUT2D eigenvalue weighted by Gasteiger charge is -2.36. The normalized spacial score (nSPS) is 23.7. The summed E-state index contributed by atoms with van der Waals surface area (Å²) in [4.78, 5) is 11.6. The zero-order chi connectivity index (χ0) is 17.1. The average molecular weight is 355 g/mol. The molecule has 3 atom stereocenters. The van der Waals surface area contributed by atoms with Crippen molar-refractivity contribution in [3.8, 4) is 6.07 Å². The van der Waals surface area contributed by atoms with Gasteiger partial charge in [0.25, 0.3) is 0 Å². The molecule has 0 spiro atoms. The van der Waals surface area contributed by atoms with E-state index in [0.717, 1.165) is 0 Å². The lowest BCUT2D eigenvalue weighted by atomic mass is 9.78. The Morgan fingerprint density at radius 2 is 2.09 bits per heavy atom. The van der Waals surface area contributed by atoms with Crippen LogP contribution in [0, 0.1) is 17.2 Å². The molecule has 0 fully saturated rings. The van der Waals surface area contributed by atoms with E-state index in [2.05, 4.69) is 16.1 Å². The Morgan fingerprint density at radius 3 is 2.70 bits per heavy atom. The number of carbonyl (C=O) groups excluding carboxylic acids is 1. The second-order valence-electron chi connectivity index (χ2n) is 5.25. The van der Waals surface area contributed by atoms with Crippen molar-refractivity contribution in [1.82, 2.24) is 5.32 Å². The molecule has 23 heavy (non-hydrogen) atoms. The van der Waals surface area contributed by atoms with Crippen LogP contribution in [0.4, 0.5) is 4.79 Å². The average Bonchev–Trinajstić information content (AvgIpc) is 2.52. The van der Waals surface area contributed by atoms with Crippen LogP contribution in [0.3, 0.4) is 0 Å². The van der Waals surface area contributed by atoms with E-state index in [0.29, 0.717) is 27.1 Å². The second-order valence-corrected chi connectivity index (χ2v) is 6.04. The minimum Gasteiger partial charge on any atom is -0.437 e. The van der Waals surface area contributed by atoms with E-state index in [1.807, 2.05) is 6.92 Å². The molecular formula is C16H16Cl2N2O3. The fourth-order valence-electron chi connectivity index (χ4n) is 2.74. The fraction of sp³-hybridized carbons (Fsp3) is 0.375. The Balaban J connectivity index is 2.60. The zero-order valence-corrected chi connectivity index (χ0v) is 14.4. The summed E-state index contributed by atoms with van der Waals surface area (Å²) in [6, 6.07) is 7.29. The van der Waals surface area contributed by atoms with Crippen LogP contribution in [0.1, 0.15) is 25.3 Å². The summed E-state index contributed by atoms with van der Waals surface area (Å²) in [7, 11) is 1.22. The smallest absolute Gasteiger partial charge is 0.437 e. The summed E-state index contributed by atoms with van der Waals surface area (Å²) in [5, 5.41) is 13.4. The van der Waals surface area contributed by atoms with Gasteiger partial charge in [0.15, 0.2) is 0 Å². The van der Waals surface area contributed by atoms with Crippen LogP contribution in [0.2, 0.25) is 10.0 Å². The molecule has 1 aliphatic rings. The number of ether oxygens (including phenoxy) is 2. The number of halogens is 2. The molecular weight excluding hydrogens is 339 g/mol. The third-order valence-corrected chi connectivity index (χ3v) is 4.65. The maximum atomic E-state index is 11.6. The van der Waals surface area contributed by atoms with Crippen LogP contribution in [0.15, 0.2) is 29.7 Å². The van der Waals surface area contributed by atoms with E-state index in [9.17, 15) is 10.1 Å². The standard InChI is InChI=1S/C16H16Cl2N2O3/c1-8-11(7-19)13(10-5-4-6-12(17)14(10)18)15(9(2)20-8)23-16(21)22-3/h4-6,8,11,13,20H,1-3H3. The van der Waals surface area contributed by atoms with Crippen molar-refractivity contribution in [2.24, 2.45) is 5.92 Å². The molecule has 7 heteroatoms. The first-order chi connectivity index (χ1) is 10.9. The maximum absolute atomic E-state index is 11.6. The van der Waals surface area contributed by atoms with E-state index in [4.69, 9.17) is 27.9 Å². The molecule has 1 aromatic carbocycles. The first-order valence-electron chi connectivity index (χ1n) is 6.97. The summed E-state index contributed by atoms with van der Waals surface area (Å²) >= 11 is 12.4.